The third-order valence-corrected chi connectivity index (χ3v) is 13.0. The molecule has 0 bridgehead atoms. The van der Waals surface area contributed by atoms with Gasteiger partial charge in [0.15, 0.2) is 5.78 Å². The summed E-state index contributed by atoms with van der Waals surface area (Å²) in [4.78, 5) is 78.5. The van der Waals surface area contributed by atoms with E-state index in [9.17, 15) is 24.0 Å². The molecular formula is C50H57N9O8. The lowest BCUT2D eigenvalue weighted by atomic mass is 9.92. The number of amides is 3. The molecule has 2 aliphatic carbocycles. The van der Waals surface area contributed by atoms with E-state index in [0.29, 0.717) is 80.9 Å². The summed E-state index contributed by atoms with van der Waals surface area (Å²) in [5, 5.41) is 17.2. The van der Waals surface area contributed by atoms with Crippen LogP contribution in [0.5, 0.6) is 0 Å². The highest BCUT2D eigenvalue weighted by Crippen LogP contribution is 2.42. The van der Waals surface area contributed by atoms with Gasteiger partial charge in [-0.15, -0.1) is 0 Å². The number of nitrogens with zero attached hydrogens (tertiary/aromatic N) is 6. The van der Waals surface area contributed by atoms with Crippen LogP contribution in [-0.4, -0.2) is 103 Å². The predicted molar refractivity (Wildman–Crippen MR) is 250 cm³/mol. The van der Waals surface area contributed by atoms with Crippen LogP contribution in [0, 0.1) is 20.8 Å². The van der Waals surface area contributed by atoms with Crippen molar-refractivity contribution >= 4 is 62.9 Å². The Morgan fingerprint density at radius 2 is 1.64 bits per heavy atom. The topological polar surface area (TPSA) is 217 Å². The Bertz CT molecular complexity index is 2870. The number of anilines is 2. The van der Waals surface area contributed by atoms with Gasteiger partial charge in [-0.1, -0.05) is 17.3 Å². The van der Waals surface area contributed by atoms with Gasteiger partial charge in [-0.2, -0.15) is 5.10 Å². The molecule has 2 aromatic carbocycles. The van der Waals surface area contributed by atoms with Crippen LogP contribution < -0.4 is 10.6 Å². The van der Waals surface area contributed by atoms with Gasteiger partial charge in [0.05, 0.1) is 40.4 Å². The first-order valence-corrected chi connectivity index (χ1v) is 23.6. The summed E-state index contributed by atoms with van der Waals surface area (Å²) in [5.41, 5.74) is 7.76. The molecular weight excluding hydrogens is 855 g/mol. The molecule has 2 fully saturated rings. The number of aryl methyl sites for hydroxylation is 5. The van der Waals surface area contributed by atoms with Crippen molar-refractivity contribution in [2.45, 2.75) is 117 Å². The number of nitrogens with one attached hydrogen (secondary N) is 3. The number of aromatic amines is 1. The third-order valence-electron chi connectivity index (χ3n) is 13.0. The highest BCUT2D eigenvalue weighted by atomic mass is 16.5. The smallest absolute Gasteiger partial charge is 0.289 e. The van der Waals surface area contributed by atoms with Crippen molar-refractivity contribution in [1.82, 2.24) is 40.1 Å². The number of benzene rings is 2. The molecule has 3 amide bonds. The normalized spacial score (nSPS) is 16.2. The van der Waals surface area contributed by atoms with Gasteiger partial charge in [-0.05, 0) is 120 Å². The fourth-order valence-electron chi connectivity index (χ4n) is 9.34. The molecule has 17 heteroatoms. The van der Waals surface area contributed by atoms with E-state index in [2.05, 4.69) is 52.8 Å². The van der Waals surface area contributed by atoms with Crippen molar-refractivity contribution in [3.63, 3.8) is 0 Å². The summed E-state index contributed by atoms with van der Waals surface area (Å²) in [6, 6.07) is 10.7. The molecule has 1 aliphatic heterocycles. The first kappa shape index (κ1) is 45.6. The first-order chi connectivity index (χ1) is 32.5. The maximum absolute atomic E-state index is 13.6. The van der Waals surface area contributed by atoms with Crippen LogP contribution in [0.3, 0.4) is 0 Å². The third kappa shape index (κ3) is 9.52. The summed E-state index contributed by atoms with van der Waals surface area (Å²) in [6.45, 7) is 11.3. The number of unbranched alkanes of at least 4 members (excludes halogenated alkanes) is 2. The number of Topliss-reactive ketones (excluding diaryl/α,β-unsaturated/α-hetero) is 2. The Hall–Kier alpha value is -6.59. The van der Waals surface area contributed by atoms with Crippen molar-refractivity contribution in [1.29, 1.82) is 0 Å². The summed E-state index contributed by atoms with van der Waals surface area (Å²) in [7, 11) is 0. The molecule has 17 nitrogen and oxygen atoms in total. The molecule has 3 N–H and O–H groups in total. The van der Waals surface area contributed by atoms with Gasteiger partial charge in [0.25, 0.3) is 17.7 Å². The van der Waals surface area contributed by atoms with Crippen molar-refractivity contribution in [3.8, 4) is 11.1 Å². The minimum atomic E-state index is -0.873. The Labute approximate surface area is 387 Å². The highest BCUT2D eigenvalue weighted by molar-refractivity contribution is 6.24. The number of aromatic nitrogens is 6. The van der Waals surface area contributed by atoms with E-state index in [1.165, 1.54) is 0 Å². The van der Waals surface area contributed by atoms with Gasteiger partial charge in [0, 0.05) is 74.4 Å². The van der Waals surface area contributed by atoms with E-state index in [1.54, 1.807) is 12.1 Å². The van der Waals surface area contributed by atoms with Crippen LogP contribution in [0.1, 0.15) is 137 Å². The largest absolute Gasteiger partial charge is 0.381 e. The lowest BCUT2D eigenvalue weighted by Crippen LogP contribution is -2.47. The lowest BCUT2D eigenvalue weighted by Gasteiger charge is -2.27. The summed E-state index contributed by atoms with van der Waals surface area (Å²) < 4.78 is 19.1. The van der Waals surface area contributed by atoms with Crippen LogP contribution in [0.15, 0.2) is 40.9 Å². The zero-order valence-corrected chi connectivity index (χ0v) is 38.6. The minimum absolute atomic E-state index is 0.0469. The predicted octanol–water partition coefficient (Wildman–Crippen LogP) is 7.77. The fraction of sp³-hybridized carbons (Fsp3) is 0.460. The lowest BCUT2D eigenvalue weighted by molar-refractivity contribution is -0.132. The molecule has 1 unspecified atom stereocenters. The second-order valence-electron chi connectivity index (χ2n) is 17.9. The van der Waals surface area contributed by atoms with E-state index >= 15 is 0 Å². The van der Waals surface area contributed by atoms with Crippen molar-refractivity contribution in [2.24, 2.45) is 0 Å². The van der Waals surface area contributed by atoms with Gasteiger partial charge in [0.2, 0.25) is 5.82 Å². The minimum Gasteiger partial charge on any atom is -0.381 e. The molecule has 1 atom stereocenters. The maximum Gasteiger partial charge on any atom is 0.289 e. The van der Waals surface area contributed by atoms with E-state index in [1.807, 2.05) is 24.6 Å². The van der Waals surface area contributed by atoms with Crippen LogP contribution in [-0.2, 0) is 32.0 Å². The average Bonchev–Trinajstić information content (AvgIpc) is 3.76. The molecule has 67 heavy (non-hydrogen) atoms. The van der Waals surface area contributed by atoms with E-state index in [0.717, 1.165) is 105 Å². The van der Waals surface area contributed by atoms with Gasteiger partial charge < -0.3 is 29.6 Å². The number of rotatable bonds is 21. The average molecular weight is 912 g/mol. The Kier molecular flexibility index (Phi) is 13.4. The van der Waals surface area contributed by atoms with Crippen molar-refractivity contribution in [3.05, 3.63) is 81.6 Å². The number of hydrogen-bond acceptors (Lipinski definition) is 13. The van der Waals surface area contributed by atoms with E-state index in [-0.39, 0.29) is 42.6 Å². The summed E-state index contributed by atoms with van der Waals surface area (Å²) in [5.74, 6) is 0.795. The van der Waals surface area contributed by atoms with Crippen LogP contribution in [0.25, 0.3) is 33.1 Å². The molecule has 3 aliphatic rings. The standard InChI is InChI=1S/C50H57N9O8/c1-5-58-41(27-37(56-58)31-15-16-31)53-46-44-36-24-28(2)35(42-29(3)57-67-30(42)4)26-38(36)52-45(44)54-47(55-46)48(62)51-19-11-23-66-22-9-8-21-65-20-7-6-12-32-13-10-14-34-43(32)50(64)59(49(34)63)39-18-17-33(60)25-40(39)61/h10,13-14,24,26-27,31,39H,5-9,11-12,15-23,25H2,1-4H3,(H,51,62)(H2,52,53,54,55). The quantitative estimate of drug-likeness (QED) is 0.0358. The highest BCUT2D eigenvalue weighted by Gasteiger charge is 2.45. The zero-order valence-electron chi connectivity index (χ0n) is 38.6. The molecule has 0 saturated heterocycles. The van der Waals surface area contributed by atoms with Gasteiger partial charge >= 0.3 is 0 Å². The molecule has 6 aromatic rings. The monoisotopic (exact) mass is 911 g/mol. The molecule has 2 saturated carbocycles. The molecule has 5 heterocycles. The summed E-state index contributed by atoms with van der Waals surface area (Å²) >= 11 is 0. The zero-order chi connectivity index (χ0) is 46.8. The number of hydrogen-bond donors (Lipinski definition) is 3. The van der Waals surface area contributed by atoms with Gasteiger partial charge in [0.1, 0.15) is 28.8 Å². The van der Waals surface area contributed by atoms with Crippen molar-refractivity contribution in [2.75, 3.05) is 38.3 Å². The second-order valence-corrected chi connectivity index (χ2v) is 17.9. The number of ether oxygens (including phenoxy) is 2. The van der Waals surface area contributed by atoms with Gasteiger partial charge in [-0.25, -0.2) is 14.6 Å². The number of carbonyl (C=O) groups is 5. The molecule has 350 valence electrons. The van der Waals surface area contributed by atoms with Crippen LogP contribution >= 0.6 is 0 Å². The van der Waals surface area contributed by atoms with Crippen LogP contribution in [0.2, 0.25) is 0 Å². The number of carbonyl (C=O) groups excluding carboxylic acids is 5. The fourth-order valence-corrected chi connectivity index (χ4v) is 9.34. The maximum atomic E-state index is 13.6. The Morgan fingerprint density at radius 1 is 0.881 bits per heavy atom. The van der Waals surface area contributed by atoms with Crippen LogP contribution in [0.4, 0.5) is 11.6 Å². The van der Waals surface area contributed by atoms with Crippen molar-refractivity contribution < 1.29 is 38.0 Å². The number of ketones is 2. The number of fused-ring (bicyclic) bond motifs is 4. The molecule has 9 rings (SSSR count). The molecule has 0 radical (unpaired) electrons. The van der Waals surface area contributed by atoms with Gasteiger partial charge in [-0.3, -0.25) is 28.9 Å². The van der Waals surface area contributed by atoms with E-state index < -0.39 is 17.9 Å². The first-order valence-electron chi connectivity index (χ1n) is 23.6. The SMILES string of the molecule is CCn1nc(C2CC2)cc1Nc1nc(C(=O)NCCCOCCCCOCCCCc2cccc3c2C(=O)N(C2CCC(=O)CC2=O)C3=O)nc2[nH]c3cc(-c4c(C)noc4C)c(C)cc3c12. The Morgan fingerprint density at radius 3 is 2.36 bits per heavy atom. The second kappa shape index (κ2) is 19.7. The Balaban J connectivity index is 0.723. The molecule has 4 aromatic heterocycles. The summed E-state index contributed by atoms with van der Waals surface area (Å²) in [6.07, 6.45) is 6.88. The number of imide groups is 1. The molecule has 0 spiro atoms. The number of H-pyrrole nitrogens is 1. The van der Waals surface area contributed by atoms with E-state index in [4.69, 9.17) is 29.1 Å².